The Bertz CT molecular complexity index is 672. The van der Waals surface area contributed by atoms with Crippen molar-refractivity contribution in [2.24, 2.45) is 0 Å². The molecule has 9 nitrogen and oxygen atoms in total. The molecule has 1 aliphatic rings. The van der Waals surface area contributed by atoms with Crippen molar-refractivity contribution in [1.82, 2.24) is 10.6 Å². The molecule has 142 valence electrons. The van der Waals surface area contributed by atoms with Crippen molar-refractivity contribution in [3.8, 4) is 0 Å². The van der Waals surface area contributed by atoms with Crippen molar-refractivity contribution in [3.63, 3.8) is 0 Å². The molecule has 1 fully saturated rings. The number of ether oxygens (including phenoxy) is 1. The van der Waals surface area contributed by atoms with E-state index in [0.717, 1.165) is 6.34 Å². The van der Waals surface area contributed by atoms with E-state index >= 15 is 0 Å². The van der Waals surface area contributed by atoms with Gasteiger partial charge in [-0.1, -0.05) is 0 Å². The third-order valence-corrected chi connectivity index (χ3v) is 3.83. The third kappa shape index (κ3) is 4.67. The fourth-order valence-corrected chi connectivity index (χ4v) is 2.59. The first-order valence-electron chi connectivity index (χ1n) is 8.07. The van der Waals surface area contributed by atoms with Gasteiger partial charge in [-0.2, -0.15) is 0 Å². The molecule has 1 aliphatic heterocycles. The van der Waals surface area contributed by atoms with Crippen molar-refractivity contribution in [3.05, 3.63) is 24.0 Å². The van der Waals surface area contributed by atoms with E-state index in [1.165, 1.54) is 21.9 Å². The number of cyclic esters (lactones) is 1. The van der Waals surface area contributed by atoms with Crippen LogP contribution in [0.2, 0.25) is 0 Å². The topological polar surface area (TPSA) is 118 Å². The average molecular weight is 367 g/mol. The van der Waals surface area contributed by atoms with Crippen molar-refractivity contribution < 1.29 is 23.8 Å². The van der Waals surface area contributed by atoms with Gasteiger partial charge in [-0.25, -0.2) is 9.18 Å². The van der Waals surface area contributed by atoms with E-state index in [4.69, 9.17) is 15.3 Å². The molecule has 4 N–H and O–H groups in total. The van der Waals surface area contributed by atoms with Crippen LogP contribution in [0.1, 0.15) is 0 Å². The lowest BCUT2D eigenvalue weighted by molar-refractivity contribution is -0.123. The van der Waals surface area contributed by atoms with Crippen LogP contribution in [0.4, 0.5) is 20.6 Å². The zero-order valence-electron chi connectivity index (χ0n) is 14.4. The number of rotatable bonds is 9. The minimum atomic E-state index is -0.631. The summed E-state index contributed by atoms with van der Waals surface area (Å²) in [6, 6.07) is 4.24. The smallest absolute Gasteiger partial charge is 0.414 e. The third-order valence-electron chi connectivity index (χ3n) is 3.83. The summed E-state index contributed by atoms with van der Waals surface area (Å²) >= 11 is 0. The highest BCUT2D eigenvalue weighted by atomic mass is 19.1. The van der Waals surface area contributed by atoms with Gasteiger partial charge in [0.05, 0.1) is 24.3 Å². The molecule has 0 aromatic heterocycles. The van der Waals surface area contributed by atoms with Gasteiger partial charge in [-0.05, 0) is 25.2 Å². The largest absolute Gasteiger partial charge is 0.443 e. The molecule has 26 heavy (non-hydrogen) atoms. The summed E-state index contributed by atoms with van der Waals surface area (Å²) in [6.07, 6.45) is 0.104. The molecular weight excluding hydrogens is 345 g/mol. The van der Waals surface area contributed by atoms with Gasteiger partial charge in [0.1, 0.15) is 18.5 Å². The Morgan fingerprint density at radius 1 is 1.58 bits per heavy atom. The first-order valence-corrected chi connectivity index (χ1v) is 8.07. The average Bonchev–Trinajstić information content (AvgIpc) is 2.99. The molecule has 0 bridgehead atoms. The van der Waals surface area contributed by atoms with Gasteiger partial charge < -0.3 is 25.4 Å². The molecule has 0 aliphatic carbocycles. The van der Waals surface area contributed by atoms with Gasteiger partial charge in [-0.15, -0.1) is 0 Å². The maximum atomic E-state index is 14.5. The number of anilines is 2. The lowest BCUT2D eigenvalue weighted by Gasteiger charge is -2.21. The summed E-state index contributed by atoms with van der Waals surface area (Å²) in [4.78, 5) is 25.6. The van der Waals surface area contributed by atoms with Crippen LogP contribution in [0.15, 0.2) is 18.2 Å². The highest BCUT2D eigenvalue weighted by molar-refractivity contribution is 5.90. The summed E-state index contributed by atoms with van der Waals surface area (Å²) in [7, 11) is 1.75. The second-order valence-electron chi connectivity index (χ2n) is 5.64. The Labute approximate surface area is 150 Å². The molecule has 1 aromatic carbocycles. The minimum Gasteiger partial charge on any atom is -0.443 e. The number of aliphatic hydroxyl groups is 1. The van der Waals surface area contributed by atoms with Crippen LogP contribution in [0.5, 0.6) is 0 Å². The standard InChI is InChI=1S/C16H22FN5O4/c1-19-7-12-8-22(16(25)26-12)11-2-3-14(13(17)6-11)21(10-18)5-4-20-15(24)9-23/h2-3,6,10,12,18-19,23H,4-5,7-9H2,1H3,(H,20,24). The molecule has 10 heteroatoms. The summed E-state index contributed by atoms with van der Waals surface area (Å²) in [6.45, 7) is 0.486. The van der Waals surface area contributed by atoms with E-state index in [1.807, 2.05) is 0 Å². The number of benzene rings is 1. The van der Waals surface area contributed by atoms with Crippen molar-refractivity contribution >= 4 is 29.7 Å². The number of amides is 2. The Balaban J connectivity index is 2.07. The van der Waals surface area contributed by atoms with Crippen LogP contribution in [0.3, 0.4) is 0 Å². The van der Waals surface area contributed by atoms with Crippen LogP contribution in [-0.2, 0) is 9.53 Å². The number of hydrogen-bond acceptors (Lipinski definition) is 6. The zero-order valence-corrected chi connectivity index (χ0v) is 14.4. The van der Waals surface area contributed by atoms with E-state index in [1.54, 1.807) is 13.1 Å². The second kappa shape index (κ2) is 9.11. The molecule has 2 rings (SSSR count). The molecule has 1 heterocycles. The summed E-state index contributed by atoms with van der Waals surface area (Å²) in [5.41, 5.74) is 0.509. The number of nitrogens with one attached hydrogen (secondary N) is 3. The van der Waals surface area contributed by atoms with Gasteiger partial charge in [0.2, 0.25) is 5.91 Å². The predicted octanol–water partition coefficient (Wildman–Crippen LogP) is -0.108. The van der Waals surface area contributed by atoms with Crippen LogP contribution in [0, 0.1) is 11.2 Å². The number of likely N-dealkylation sites (N-methyl/N-ethyl adjacent to an activating group) is 1. The molecule has 1 atom stereocenters. The van der Waals surface area contributed by atoms with Crippen LogP contribution in [-0.4, -0.2) is 69.4 Å². The number of carbonyl (C=O) groups excluding carboxylic acids is 2. The highest BCUT2D eigenvalue weighted by Crippen LogP contribution is 2.27. The Morgan fingerprint density at radius 2 is 2.35 bits per heavy atom. The monoisotopic (exact) mass is 367 g/mol. The molecule has 1 aromatic rings. The first kappa shape index (κ1) is 19.6. The Kier molecular flexibility index (Phi) is 6.87. The molecule has 2 amide bonds. The number of carbonyl (C=O) groups is 2. The highest BCUT2D eigenvalue weighted by Gasteiger charge is 2.32. The molecule has 0 radical (unpaired) electrons. The van der Waals surface area contributed by atoms with E-state index in [2.05, 4.69) is 10.6 Å². The van der Waals surface area contributed by atoms with Gasteiger partial charge in [0, 0.05) is 19.6 Å². The van der Waals surface area contributed by atoms with Crippen molar-refractivity contribution in [2.45, 2.75) is 6.10 Å². The number of aliphatic hydroxyl groups excluding tert-OH is 1. The molecular formula is C16H22FN5O4. The van der Waals surface area contributed by atoms with Crippen molar-refractivity contribution in [2.75, 3.05) is 49.6 Å². The Hall–Kier alpha value is -2.72. The minimum absolute atomic E-state index is 0.139. The van der Waals surface area contributed by atoms with Gasteiger partial charge in [-0.3, -0.25) is 15.1 Å². The number of nitrogens with zero attached hydrogens (tertiary/aromatic N) is 2. The van der Waals surface area contributed by atoms with Gasteiger partial charge in [0.25, 0.3) is 0 Å². The molecule has 1 unspecified atom stereocenters. The quantitative estimate of drug-likeness (QED) is 0.357. The SMILES string of the molecule is CNCC1CN(c2ccc(N(C=N)CCNC(=O)CO)c(F)c2)C(=O)O1. The summed E-state index contributed by atoms with van der Waals surface area (Å²) in [5.74, 6) is -1.15. The maximum Gasteiger partial charge on any atom is 0.414 e. The summed E-state index contributed by atoms with van der Waals surface area (Å²) < 4.78 is 19.7. The van der Waals surface area contributed by atoms with E-state index < -0.39 is 24.4 Å². The fraction of sp³-hybridized carbons (Fsp3) is 0.438. The van der Waals surface area contributed by atoms with E-state index in [9.17, 15) is 14.0 Å². The van der Waals surface area contributed by atoms with Crippen LogP contribution >= 0.6 is 0 Å². The van der Waals surface area contributed by atoms with Gasteiger partial charge in [0.15, 0.2) is 0 Å². The lowest BCUT2D eigenvalue weighted by atomic mass is 10.2. The molecule has 0 spiro atoms. The molecule has 1 saturated heterocycles. The normalized spacial score (nSPS) is 16.3. The second-order valence-corrected chi connectivity index (χ2v) is 5.64. The maximum absolute atomic E-state index is 14.5. The predicted molar refractivity (Wildman–Crippen MR) is 94.2 cm³/mol. The first-order chi connectivity index (χ1) is 12.5. The fourth-order valence-electron chi connectivity index (χ4n) is 2.59. The lowest BCUT2D eigenvalue weighted by Crippen LogP contribution is -2.35. The number of hydrogen-bond donors (Lipinski definition) is 4. The van der Waals surface area contributed by atoms with E-state index in [-0.39, 0.29) is 24.9 Å². The van der Waals surface area contributed by atoms with Crippen LogP contribution < -0.4 is 20.4 Å². The molecule has 0 saturated carbocycles. The Morgan fingerprint density at radius 3 is 2.96 bits per heavy atom. The summed E-state index contributed by atoms with van der Waals surface area (Å²) in [5, 5.41) is 21.4. The van der Waals surface area contributed by atoms with Crippen molar-refractivity contribution in [1.29, 1.82) is 5.41 Å². The van der Waals surface area contributed by atoms with Crippen LogP contribution in [0.25, 0.3) is 0 Å². The van der Waals surface area contributed by atoms with E-state index in [0.29, 0.717) is 18.8 Å². The number of halogens is 1. The zero-order chi connectivity index (χ0) is 19.1. The van der Waals surface area contributed by atoms with Gasteiger partial charge >= 0.3 is 6.09 Å².